The summed E-state index contributed by atoms with van der Waals surface area (Å²) in [5, 5.41) is 14.5. The van der Waals surface area contributed by atoms with E-state index in [9.17, 15) is 13.2 Å². The van der Waals surface area contributed by atoms with Crippen LogP contribution >= 0.6 is 0 Å². The van der Waals surface area contributed by atoms with E-state index in [0.717, 1.165) is 11.9 Å². The summed E-state index contributed by atoms with van der Waals surface area (Å²) in [6.07, 6.45) is -0.0996. The van der Waals surface area contributed by atoms with Crippen molar-refractivity contribution in [3.8, 4) is 0 Å². The van der Waals surface area contributed by atoms with Crippen LogP contribution in [0.4, 0.5) is 18.9 Å². The van der Waals surface area contributed by atoms with Gasteiger partial charge in [-0.25, -0.2) is 4.99 Å². The van der Waals surface area contributed by atoms with E-state index >= 15 is 0 Å². The molecule has 158 valence electrons. The van der Waals surface area contributed by atoms with Gasteiger partial charge >= 0.3 is 6.18 Å². The minimum absolute atomic E-state index is 0.00381. The number of guanidine groups is 1. The molecular weight excluding hydrogens is 385 g/mol. The van der Waals surface area contributed by atoms with Gasteiger partial charge in [0.15, 0.2) is 0 Å². The number of rotatable bonds is 4. The fraction of sp³-hybridized carbons (Fsp3) is 0.500. The molecule has 0 aliphatic carbocycles. The second-order valence-electron chi connectivity index (χ2n) is 7.57. The Hall–Kier alpha value is -2.82. The van der Waals surface area contributed by atoms with E-state index in [0.29, 0.717) is 11.4 Å². The third-order valence-corrected chi connectivity index (χ3v) is 5.04. The SMILES string of the molecule is CCC1(N)N=C(Nc2cn(C(C)(C)c3ccn(C)n3)nc2C)NC=C1C(F)(F)F. The van der Waals surface area contributed by atoms with Crippen molar-refractivity contribution in [1.82, 2.24) is 24.9 Å². The fourth-order valence-electron chi connectivity index (χ4n) is 3.07. The average Bonchev–Trinajstić information content (AvgIpc) is 3.21. The first-order chi connectivity index (χ1) is 13.4. The molecule has 2 aromatic heterocycles. The molecule has 0 saturated heterocycles. The van der Waals surface area contributed by atoms with Crippen molar-refractivity contribution in [2.75, 3.05) is 5.32 Å². The number of halogens is 3. The highest BCUT2D eigenvalue weighted by Crippen LogP contribution is 2.36. The van der Waals surface area contributed by atoms with Crippen LogP contribution in [-0.4, -0.2) is 37.4 Å². The molecule has 1 aliphatic heterocycles. The Morgan fingerprint density at radius 1 is 1.28 bits per heavy atom. The molecule has 0 amide bonds. The standard InChI is InChI=1S/C18H25F3N8/c1-6-17(22)13(18(19,20)21)9-23-15(25-17)24-12-10-29(26-11(12)2)16(3,4)14-7-8-28(5)27-14/h7-10H,6,22H2,1-5H3,(H2,23,24,25). The van der Waals surface area contributed by atoms with Gasteiger partial charge in [-0.2, -0.15) is 23.4 Å². The van der Waals surface area contributed by atoms with Crippen molar-refractivity contribution in [1.29, 1.82) is 0 Å². The van der Waals surface area contributed by atoms with E-state index in [1.807, 2.05) is 33.2 Å². The lowest BCUT2D eigenvalue weighted by Crippen LogP contribution is -2.51. The maximum atomic E-state index is 13.2. The highest BCUT2D eigenvalue weighted by atomic mass is 19.4. The quantitative estimate of drug-likeness (QED) is 0.720. The molecule has 1 aliphatic rings. The Morgan fingerprint density at radius 3 is 2.52 bits per heavy atom. The highest BCUT2D eigenvalue weighted by molar-refractivity contribution is 5.95. The number of aryl methyl sites for hydroxylation is 2. The molecule has 4 N–H and O–H groups in total. The van der Waals surface area contributed by atoms with Crippen LogP contribution in [0.3, 0.4) is 0 Å². The van der Waals surface area contributed by atoms with E-state index < -0.39 is 23.0 Å². The first kappa shape index (κ1) is 20.9. The van der Waals surface area contributed by atoms with Gasteiger partial charge in [0.1, 0.15) is 11.2 Å². The molecule has 0 aromatic carbocycles. The van der Waals surface area contributed by atoms with Crippen LogP contribution in [-0.2, 0) is 12.6 Å². The minimum Gasteiger partial charge on any atom is -0.332 e. The highest BCUT2D eigenvalue weighted by Gasteiger charge is 2.47. The molecule has 3 heterocycles. The van der Waals surface area contributed by atoms with Gasteiger partial charge < -0.3 is 16.4 Å². The number of nitrogens with zero attached hydrogens (tertiary/aromatic N) is 5. The predicted octanol–water partition coefficient (Wildman–Crippen LogP) is 2.59. The lowest BCUT2D eigenvalue weighted by Gasteiger charge is -2.32. The van der Waals surface area contributed by atoms with Crippen LogP contribution in [0.1, 0.15) is 38.6 Å². The zero-order valence-corrected chi connectivity index (χ0v) is 17.0. The fourth-order valence-corrected chi connectivity index (χ4v) is 3.07. The van der Waals surface area contributed by atoms with E-state index in [4.69, 9.17) is 5.73 Å². The third-order valence-electron chi connectivity index (χ3n) is 5.04. The number of hydrogen-bond donors (Lipinski definition) is 3. The second-order valence-corrected chi connectivity index (χ2v) is 7.57. The Bertz CT molecular complexity index is 966. The number of nitrogens with one attached hydrogen (secondary N) is 2. The Labute approximate surface area is 166 Å². The van der Waals surface area contributed by atoms with Gasteiger partial charge in [-0.1, -0.05) is 6.92 Å². The summed E-state index contributed by atoms with van der Waals surface area (Å²) in [5.41, 5.74) is 4.71. The monoisotopic (exact) mass is 410 g/mol. The average molecular weight is 410 g/mol. The molecule has 29 heavy (non-hydrogen) atoms. The van der Waals surface area contributed by atoms with E-state index in [1.165, 1.54) is 0 Å². The van der Waals surface area contributed by atoms with Crippen molar-refractivity contribution >= 4 is 11.6 Å². The van der Waals surface area contributed by atoms with Crippen molar-refractivity contribution < 1.29 is 13.2 Å². The van der Waals surface area contributed by atoms with Crippen LogP contribution in [0, 0.1) is 6.92 Å². The van der Waals surface area contributed by atoms with Crippen molar-refractivity contribution in [3.05, 3.63) is 41.6 Å². The lowest BCUT2D eigenvalue weighted by molar-refractivity contribution is -0.101. The van der Waals surface area contributed by atoms with Crippen molar-refractivity contribution in [3.63, 3.8) is 0 Å². The first-order valence-corrected chi connectivity index (χ1v) is 9.14. The van der Waals surface area contributed by atoms with Gasteiger partial charge in [0.25, 0.3) is 0 Å². The van der Waals surface area contributed by atoms with Gasteiger partial charge in [0.2, 0.25) is 5.96 Å². The number of alkyl halides is 3. The Kier molecular flexibility index (Phi) is 4.98. The normalized spacial score (nSPS) is 20.2. The molecule has 0 radical (unpaired) electrons. The number of hydrogen-bond acceptors (Lipinski definition) is 6. The molecule has 3 rings (SSSR count). The summed E-state index contributed by atoms with van der Waals surface area (Å²) in [7, 11) is 1.84. The van der Waals surface area contributed by atoms with Gasteiger partial charge in [-0.3, -0.25) is 9.36 Å². The molecule has 1 unspecified atom stereocenters. The molecule has 2 aromatic rings. The van der Waals surface area contributed by atoms with Crippen molar-refractivity contribution in [2.45, 2.75) is 51.5 Å². The summed E-state index contributed by atoms with van der Waals surface area (Å²) in [5.74, 6) is 0.126. The summed E-state index contributed by atoms with van der Waals surface area (Å²) in [4.78, 5) is 4.08. The molecule has 0 bridgehead atoms. The molecule has 0 fully saturated rings. The zero-order chi connectivity index (χ0) is 21.6. The van der Waals surface area contributed by atoms with Gasteiger partial charge in [-0.15, -0.1) is 0 Å². The largest absolute Gasteiger partial charge is 0.417 e. The van der Waals surface area contributed by atoms with Gasteiger partial charge in [0.05, 0.1) is 22.6 Å². The zero-order valence-electron chi connectivity index (χ0n) is 17.0. The summed E-state index contributed by atoms with van der Waals surface area (Å²) in [6.45, 7) is 7.30. The van der Waals surface area contributed by atoms with E-state index in [2.05, 4.69) is 25.8 Å². The Morgan fingerprint density at radius 2 is 1.97 bits per heavy atom. The third kappa shape index (κ3) is 3.86. The number of anilines is 1. The summed E-state index contributed by atoms with van der Waals surface area (Å²) in [6, 6.07) is 1.91. The van der Waals surface area contributed by atoms with E-state index in [1.54, 1.807) is 29.4 Å². The predicted molar refractivity (Wildman–Crippen MR) is 104 cm³/mol. The maximum Gasteiger partial charge on any atom is 0.417 e. The van der Waals surface area contributed by atoms with E-state index in [-0.39, 0.29) is 12.4 Å². The van der Waals surface area contributed by atoms with Crippen LogP contribution in [0.15, 0.2) is 35.2 Å². The Balaban J connectivity index is 1.87. The smallest absolute Gasteiger partial charge is 0.332 e. The molecule has 11 heteroatoms. The van der Waals surface area contributed by atoms with Crippen LogP contribution in [0.2, 0.25) is 0 Å². The molecular formula is C18H25F3N8. The van der Waals surface area contributed by atoms with Crippen molar-refractivity contribution in [2.24, 2.45) is 17.8 Å². The summed E-state index contributed by atoms with van der Waals surface area (Å²) >= 11 is 0. The topological polar surface area (TPSA) is 98.1 Å². The molecule has 0 spiro atoms. The second kappa shape index (κ2) is 6.90. The van der Waals surface area contributed by atoms with Crippen LogP contribution < -0.4 is 16.4 Å². The molecule has 1 atom stereocenters. The van der Waals surface area contributed by atoms with Gasteiger partial charge in [-0.05, 0) is 33.3 Å². The molecule has 8 nitrogen and oxygen atoms in total. The first-order valence-electron chi connectivity index (χ1n) is 9.14. The molecule has 0 saturated carbocycles. The van der Waals surface area contributed by atoms with Crippen LogP contribution in [0.5, 0.6) is 0 Å². The number of nitrogens with two attached hydrogens (primary N) is 1. The lowest BCUT2D eigenvalue weighted by atomic mass is 9.97. The van der Waals surface area contributed by atoms with Gasteiger partial charge in [0, 0.05) is 25.6 Å². The maximum absolute atomic E-state index is 13.2. The van der Waals surface area contributed by atoms with Crippen LogP contribution in [0.25, 0.3) is 0 Å². The number of aliphatic imine (C=N–C) groups is 1. The summed E-state index contributed by atoms with van der Waals surface area (Å²) < 4.78 is 43.2. The number of aromatic nitrogens is 4. The minimum atomic E-state index is -4.57.